The van der Waals surface area contributed by atoms with E-state index in [-0.39, 0.29) is 0 Å². The molecule has 1 aliphatic carbocycles. The van der Waals surface area contributed by atoms with Crippen LogP contribution >= 0.6 is 0 Å². The zero-order chi connectivity index (χ0) is 12.1. The highest BCUT2D eigenvalue weighted by molar-refractivity contribution is 4.91. The summed E-state index contributed by atoms with van der Waals surface area (Å²) in [5.41, 5.74) is 0. The van der Waals surface area contributed by atoms with Crippen LogP contribution < -0.4 is 5.32 Å². The second kappa shape index (κ2) is 6.15. The minimum Gasteiger partial charge on any atom is -0.319 e. The predicted octanol–water partition coefficient (Wildman–Crippen LogP) is 2.44. The monoisotopic (exact) mass is 236 g/mol. The average Bonchev–Trinajstić information content (AvgIpc) is 2.77. The largest absolute Gasteiger partial charge is 0.319 e. The molecule has 1 aromatic heterocycles. The van der Waals surface area contributed by atoms with E-state index < -0.39 is 0 Å². The second-order valence-electron chi connectivity index (χ2n) is 5.27. The summed E-state index contributed by atoms with van der Waals surface area (Å²) in [7, 11) is 1.99. The number of aromatic nitrogens is 3. The highest BCUT2D eigenvalue weighted by atomic mass is 15.3. The van der Waals surface area contributed by atoms with E-state index in [4.69, 9.17) is 0 Å². The van der Waals surface area contributed by atoms with Gasteiger partial charge in [-0.25, -0.2) is 0 Å². The highest BCUT2D eigenvalue weighted by Crippen LogP contribution is 2.25. The van der Waals surface area contributed by atoms with Crippen molar-refractivity contribution in [2.24, 2.45) is 13.0 Å². The van der Waals surface area contributed by atoms with Crippen LogP contribution in [0.3, 0.4) is 0 Å². The Morgan fingerprint density at radius 3 is 2.82 bits per heavy atom. The van der Waals surface area contributed by atoms with Crippen LogP contribution in [-0.2, 0) is 7.05 Å². The van der Waals surface area contributed by atoms with Gasteiger partial charge >= 0.3 is 0 Å². The van der Waals surface area contributed by atoms with Crippen LogP contribution in [0.15, 0.2) is 6.33 Å². The Bertz CT molecular complexity index is 328. The third-order valence-electron chi connectivity index (χ3n) is 3.86. The van der Waals surface area contributed by atoms with E-state index in [0.717, 1.165) is 18.3 Å². The second-order valence-corrected chi connectivity index (χ2v) is 5.27. The fourth-order valence-electron chi connectivity index (χ4n) is 2.76. The van der Waals surface area contributed by atoms with Crippen LogP contribution in [0.25, 0.3) is 0 Å². The third kappa shape index (κ3) is 3.53. The van der Waals surface area contributed by atoms with Gasteiger partial charge in [0.05, 0.1) is 6.04 Å². The van der Waals surface area contributed by atoms with Gasteiger partial charge in [0.2, 0.25) is 0 Å². The molecule has 2 rings (SSSR count). The zero-order valence-electron chi connectivity index (χ0n) is 11.0. The van der Waals surface area contributed by atoms with Crippen molar-refractivity contribution in [2.45, 2.75) is 51.5 Å². The van der Waals surface area contributed by atoms with E-state index in [1.807, 2.05) is 11.6 Å². The summed E-state index contributed by atoms with van der Waals surface area (Å²) in [6.45, 7) is 3.25. The summed E-state index contributed by atoms with van der Waals surface area (Å²) in [4.78, 5) is 0. The quantitative estimate of drug-likeness (QED) is 0.854. The maximum Gasteiger partial charge on any atom is 0.149 e. The molecule has 1 aliphatic rings. The van der Waals surface area contributed by atoms with Gasteiger partial charge in [0, 0.05) is 7.05 Å². The Morgan fingerprint density at radius 1 is 1.41 bits per heavy atom. The molecule has 1 saturated carbocycles. The van der Waals surface area contributed by atoms with E-state index in [9.17, 15) is 0 Å². The molecule has 4 nitrogen and oxygen atoms in total. The van der Waals surface area contributed by atoms with Crippen molar-refractivity contribution in [3.63, 3.8) is 0 Å². The van der Waals surface area contributed by atoms with Crippen molar-refractivity contribution >= 4 is 0 Å². The highest BCUT2D eigenvalue weighted by Gasteiger charge is 2.14. The molecule has 1 heterocycles. The lowest BCUT2D eigenvalue weighted by molar-refractivity contribution is 0.328. The Labute approximate surface area is 104 Å². The SMILES string of the molecule is CC(NCCC1CCCCC1)c1nncn1C. The summed E-state index contributed by atoms with van der Waals surface area (Å²) in [5.74, 6) is 1.97. The summed E-state index contributed by atoms with van der Waals surface area (Å²) in [6, 6.07) is 0.297. The van der Waals surface area contributed by atoms with Gasteiger partial charge in [0.25, 0.3) is 0 Å². The lowest BCUT2D eigenvalue weighted by Gasteiger charge is -2.22. The van der Waals surface area contributed by atoms with E-state index in [1.54, 1.807) is 6.33 Å². The number of rotatable bonds is 5. The first-order valence-corrected chi connectivity index (χ1v) is 6.84. The van der Waals surface area contributed by atoms with Gasteiger partial charge in [-0.3, -0.25) is 0 Å². The topological polar surface area (TPSA) is 42.7 Å². The van der Waals surface area contributed by atoms with E-state index in [0.29, 0.717) is 6.04 Å². The average molecular weight is 236 g/mol. The number of nitrogens with zero attached hydrogens (tertiary/aromatic N) is 3. The first kappa shape index (κ1) is 12.6. The molecule has 1 unspecified atom stereocenters. The predicted molar refractivity (Wildman–Crippen MR) is 68.6 cm³/mol. The molecule has 96 valence electrons. The maximum atomic E-state index is 4.13. The van der Waals surface area contributed by atoms with Gasteiger partial charge in [-0.15, -0.1) is 10.2 Å². The molecule has 1 N–H and O–H groups in total. The fourth-order valence-corrected chi connectivity index (χ4v) is 2.76. The lowest BCUT2D eigenvalue weighted by Crippen LogP contribution is -2.24. The van der Waals surface area contributed by atoms with Gasteiger partial charge in [0.1, 0.15) is 12.2 Å². The molecule has 4 heteroatoms. The minimum atomic E-state index is 0.297. The fraction of sp³-hybridized carbons (Fsp3) is 0.846. The van der Waals surface area contributed by atoms with Gasteiger partial charge in [0.15, 0.2) is 0 Å². The normalized spacial score (nSPS) is 19.4. The molecule has 17 heavy (non-hydrogen) atoms. The van der Waals surface area contributed by atoms with Crippen LogP contribution in [0.4, 0.5) is 0 Å². The summed E-state index contributed by atoms with van der Waals surface area (Å²) in [5, 5.41) is 11.6. The molecule has 0 saturated heterocycles. The van der Waals surface area contributed by atoms with Crippen molar-refractivity contribution in [1.82, 2.24) is 20.1 Å². The summed E-state index contributed by atoms with van der Waals surface area (Å²) in [6.07, 6.45) is 10.2. The van der Waals surface area contributed by atoms with Gasteiger partial charge in [-0.1, -0.05) is 32.1 Å². The Morgan fingerprint density at radius 2 is 2.18 bits per heavy atom. The Hall–Kier alpha value is -0.900. The van der Waals surface area contributed by atoms with Crippen LogP contribution in [0.1, 0.15) is 57.3 Å². The molecule has 0 spiro atoms. The van der Waals surface area contributed by atoms with Crippen LogP contribution in [0.5, 0.6) is 0 Å². The molecule has 0 radical (unpaired) electrons. The van der Waals surface area contributed by atoms with E-state index in [2.05, 4.69) is 22.4 Å². The van der Waals surface area contributed by atoms with Crippen molar-refractivity contribution in [3.05, 3.63) is 12.2 Å². The number of hydrogen-bond acceptors (Lipinski definition) is 3. The van der Waals surface area contributed by atoms with Crippen molar-refractivity contribution in [1.29, 1.82) is 0 Å². The van der Waals surface area contributed by atoms with Crippen LogP contribution in [0.2, 0.25) is 0 Å². The minimum absolute atomic E-state index is 0.297. The van der Waals surface area contributed by atoms with Crippen LogP contribution in [0, 0.1) is 5.92 Å². The molecule has 0 aromatic carbocycles. The van der Waals surface area contributed by atoms with Gasteiger partial charge < -0.3 is 9.88 Å². The first-order valence-electron chi connectivity index (χ1n) is 6.84. The van der Waals surface area contributed by atoms with E-state index in [1.165, 1.54) is 38.5 Å². The van der Waals surface area contributed by atoms with Crippen molar-refractivity contribution in [2.75, 3.05) is 6.54 Å². The number of hydrogen-bond donors (Lipinski definition) is 1. The van der Waals surface area contributed by atoms with Crippen LogP contribution in [-0.4, -0.2) is 21.3 Å². The maximum absolute atomic E-state index is 4.13. The van der Waals surface area contributed by atoms with Gasteiger partial charge in [-0.2, -0.15) is 0 Å². The van der Waals surface area contributed by atoms with Crippen molar-refractivity contribution < 1.29 is 0 Å². The lowest BCUT2D eigenvalue weighted by atomic mass is 9.87. The zero-order valence-corrected chi connectivity index (χ0v) is 11.0. The van der Waals surface area contributed by atoms with Gasteiger partial charge in [-0.05, 0) is 25.8 Å². The molecule has 0 amide bonds. The standard InChI is InChI=1S/C13H24N4/c1-11(13-16-15-10-17(13)2)14-9-8-12-6-4-3-5-7-12/h10-12,14H,3-9H2,1-2H3. The first-order chi connectivity index (χ1) is 8.27. The van der Waals surface area contributed by atoms with E-state index >= 15 is 0 Å². The molecular formula is C13H24N4. The molecule has 1 aromatic rings. The number of nitrogens with one attached hydrogen (secondary N) is 1. The molecule has 0 bridgehead atoms. The summed E-state index contributed by atoms with van der Waals surface area (Å²) < 4.78 is 1.98. The molecular weight excluding hydrogens is 212 g/mol. The third-order valence-corrected chi connectivity index (χ3v) is 3.86. The molecule has 0 aliphatic heterocycles. The van der Waals surface area contributed by atoms with Crippen molar-refractivity contribution in [3.8, 4) is 0 Å². The smallest absolute Gasteiger partial charge is 0.149 e. The molecule has 1 fully saturated rings. The molecule has 1 atom stereocenters. The summed E-state index contributed by atoms with van der Waals surface area (Å²) >= 11 is 0. The Kier molecular flexibility index (Phi) is 4.54. The number of aryl methyl sites for hydroxylation is 1. The Balaban J connectivity index is 1.69.